The van der Waals surface area contributed by atoms with Gasteiger partial charge in [-0.2, -0.15) is 0 Å². The van der Waals surface area contributed by atoms with E-state index in [1.54, 1.807) is 0 Å². The molecule has 0 nitrogen and oxygen atoms in total. The zero-order valence-electron chi connectivity index (χ0n) is 5.83. The third-order valence-corrected chi connectivity index (χ3v) is 1.96. The Morgan fingerprint density at radius 2 is 1.30 bits per heavy atom. The molecule has 1 aliphatic carbocycles. The van der Waals surface area contributed by atoms with Crippen molar-refractivity contribution in [3.63, 3.8) is 0 Å². The molecule has 1 aromatic carbocycles. The van der Waals surface area contributed by atoms with E-state index >= 15 is 0 Å². The first-order valence-corrected chi connectivity index (χ1v) is 3.71. The van der Waals surface area contributed by atoms with Crippen LogP contribution in [0.25, 0.3) is 0 Å². The van der Waals surface area contributed by atoms with E-state index in [2.05, 4.69) is 24.3 Å². The molecule has 0 fully saturated rings. The van der Waals surface area contributed by atoms with Gasteiger partial charge < -0.3 is 0 Å². The summed E-state index contributed by atoms with van der Waals surface area (Å²) < 4.78 is 0. The Hall–Kier alpha value is -1.14. The van der Waals surface area contributed by atoms with Crippen molar-refractivity contribution in [3.05, 3.63) is 35.4 Å². The van der Waals surface area contributed by atoms with Gasteiger partial charge >= 0.3 is 0 Å². The van der Waals surface area contributed by atoms with Crippen LogP contribution in [0.3, 0.4) is 0 Å². The molecule has 0 amide bonds. The quantitative estimate of drug-likeness (QED) is 0.499. The second-order valence-electron chi connectivity index (χ2n) is 2.66. The standard InChI is InChI=1S/C10H8/c1-2-6-10-8-4-3-7-9(10)5-1/h1-2,5-6H2. The van der Waals surface area contributed by atoms with Gasteiger partial charge in [-0.1, -0.05) is 12.1 Å². The number of rotatable bonds is 0. The molecular weight excluding hydrogens is 120 g/mol. The van der Waals surface area contributed by atoms with Crippen LogP contribution >= 0.6 is 0 Å². The highest BCUT2D eigenvalue weighted by Crippen LogP contribution is 2.16. The average molecular weight is 128 g/mol. The maximum absolute atomic E-state index is 3.08. The molecule has 1 aromatic rings. The summed E-state index contributed by atoms with van der Waals surface area (Å²) in [4.78, 5) is 0. The highest BCUT2D eigenvalue weighted by atomic mass is 14.1. The van der Waals surface area contributed by atoms with E-state index in [-0.39, 0.29) is 0 Å². The SMILES string of the molecule is c1c#cc2c(c#1)CCCC2. The van der Waals surface area contributed by atoms with Crippen LogP contribution in [-0.4, -0.2) is 0 Å². The fraction of sp³-hybridized carbons (Fsp3) is 0.400. The summed E-state index contributed by atoms with van der Waals surface area (Å²) in [5.41, 5.74) is 2.62. The third-order valence-electron chi connectivity index (χ3n) is 1.96. The van der Waals surface area contributed by atoms with Crippen LogP contribution in [0, 0.1) is 24.3 Å². The Morgan fingerprint density at radius 3 is 1.80 bits per heavy atom. The minimum absolute atomic E-state index is 1.16. The molecule has 48 valence electrons. The van der Waals surface area contributed by atoms with E-state index in [9.17, 15) is 0 Å². The Morgan fingerprint density at radius 1 is 0.800 bits per heavy atom. The molecule has 0 heteroatoms. The van der Waals surface area contributed by atoms with E-state index in [0.29, 0.717) is 0 Å². The van der Waals surface area contributed by atoms with Gasteiger partial charge in [0.15, 0.2) is 0 Å². The van der Waals surface area contributed by atoms with Crippen LogP contribution < -0.4 is 0 Å². The van der Waals surface area contributed by atoms with Crippen LogP contribution in [-0.2, 0) is 12.8 Å². The molecule has 0 unspecified atom stereocenters. The van der Waals surface area contributed by atoms with Gasteiger partial charge in [-0.15, -0.1) is 0 Å². The maximum atomic E-state index is 3.08. The summed E-state index contributed by atoms with van der Waals surface area (Å²) in [6.07, 6.45) is 4.93. The van der Waals surface area contributed by atoms with Gasteiger partial charge in [0.1, 0.15) is 0 Å². The number of fused-ring (bicyclic) bond motifs is 1. The van der Waals surface area contributed by atoms with Crippen molar-refractivity contribution in [1.29, 1.82) is 0 Å². The van der Waals surface area contributed by atoms with Crippen molar-refractivity contribution in [2.24, 2.45) is 0 Å². The zero-order valence-corrected chi connectivity index (χ0v) is 5.83. The van der Waals surface area contributed by atoms with Crippen molar-refractivity contribution in [3.8, 4) is 0 Å². The lowest BCUT2D eigenvalue weighted by atomic mass is 9.94. The molecule has 10 heavy (non-hydrogen) atoms. The van der Waals surface area contributed by atoms with Crippen molar-refractivity contribution < 1.29 is 0 Å². The second kappa shape index (κ2) is 2.24. The molecule has 2 rings (SSSR count). The van der Waals surface area contributed by atoms with Gasteiger partial charge in [0, 0.05) is 11.1 Å². The van der Waals surface area contributed by atoms with Crippen molar-refractivity contribution in [2.75, 3.05) is 0 Å². The van der Waals surface area contributed by atoms with Crippen molar-refractivity contribution in [2.45, 2.75) is 25.7 Å². The third kappa shape index (κ3) is 0.829. The van der Waals surface area contributed by atoms with Gasteiger partial charge in [0.2, 0.25) is 0 Å². The molecule has 0 heterocycles. The first-order valence-electron chi connectivity index (χ1n) is 3.71. The van der Waals surface area contributed by atoms with E-state index in [0.717, 1.165) is 12.8 Å². The smallest absolute Gasteiger partial charge is 0.0146 e. The van der Waals surface area contributed by atoms with Crippen LogP contribution in [0.15, 0.2) is 0 Å². The van der Waals surface area contributed by atoms with Crippen LogP contribution in [0.1, 0.15) is 24.0 Å². The van der Waals surface area contributed by atoms with Crippen LogP contribution in [0.5, 0.6) is 0 Å². The molecular formula is C10H8. The molecule has 0 aromatic heterocycles. The molecule has 0 spiro atoms. The van der Waals surface area contributed by atoms with Crippen molar-refractivity contribution >= 4 is 0 Å². The summed E-state index contributed by atoms with van der Waals surface area (Å²) in [6.45, 7) is 0. The maximum Gasteiger partial charge on any atom is 0.0146 e. The van der Waals surface area contributed by atoms with Crippen LogP contribution in [0.2, 0.25) is 0 Å². The summed E-state index contributed by atoms with van der Waals surface area (Å²) in [6, 6.07) is 11.8. The number of hydrogen-bond donors (Lipinski definition) is 0. The summed E-state index contributed by atoms with van der Waals surface area (Å²) in [5.74, 6) is 0. The molecule has 0 aliphatic heterocycles. The van der Waals surface area contributed by atoms with Gasteiger partial charge in [-0.25, -0.2) is 0 Å². The Balaban J connectivity index is 2.41. The highest BCUT2D eigenvalue weighted by Gasteiger charge is 2.06. The normalized spacial score (nSPS) is 14.8. The van der Waals surface area contributed by atoms with E-state index in [4.69, 9.17) is 0 Å². The monoisotopic (exact) mass is 128 g/mol. The van der Waals surface area contributed by atoms with E-state index in [1.165, 1.54) is 24.0 Å². The fourth-order valence-electron chi connectivity index (χ4n) is 1.39. The topological polar surface area (TPSA) is 0 Å². The van der Waals surface area contributed by atoms with Gasteiger partial charge in [0.05, 0.1) is 0 Å². The summed E-state index contributed by atoms with van der Waals surface area (Å²) in [5, 5.41) is 0. The summed E-state index contributed by atoms with van der Waals surface area (Å²) in [7, 11) is 0. The largest absolute Gasteiger partial charge is 0.0563 e. The zero-order chi connectivity index (χ0) is 6.81. The lowest BCUT2D eigenvalue weighted by Gasteiger charge is -2.08. The first-order chi connectivity index (χ1) is 4.97. The van der Waals surface area contributed by atoms with Crippen LogP contribution in [0.4, 0.5) is 0 Å². The Bertz CT molecular complexity index is 200. The molecule has 0 radical (unpaired) electrons. The van der Waals surface area contributed by atoms with Gasteiger partial charge in [0.25, 0.3) is 0 Å². The molecule has 0 saturated heterocycles. The Kier molecular flexibility index (Phi) is 1.26. The Labute approximate surface area is 61.9 Å². The molecule has 0 atom stereocenters. The van der Waals surface area contributed by atoms with Gasteiger partial charge in [-0.05, 0) is 37.8 Å². The molecule has 0 N–H and O–H groups in total. The minimum atomic E-state index is 1.16. The highest BCUT2D eigenvalue weighted by molar-refractivity contribution is 5.20. The first kappa shape index (κ1) is 5.63. The minimum Gasteiger partial charge on any atom is -0.0563 e. The lowest BCUT2D eigenvalue weighted by Crippen LogP contribution is -1.99. The second-order valence-corrected chi connectivity index (χ2v) is 2.66. The fourth-order valence-corrected chi connectivity index (χ4v) is 1.39. The predicted molar refractivity (Wildman–Crippen MR) is 38.4 cm³/mol. The summed E-state index contributed by atoms with van der Waals surface area (Å²) >= 11 is 0. The predicted octanol–water partition coefficient (Wildman–Crippen LogP) is 1.77. The van der Waals surface area contributed by atoms with Gasteiger partial charge in [-0.3, -0.25) is 0 Å². The number of hydrogen-bond acceptors (Lipinski definition) is 0. The lowest BCUT2D eigenvalue weighted by molar-refractivity contribution is 0.686. The molecule has 1 aliphatic rings. The van der Waals surface area contributed by atoms with E-state index in [1.807, 2.05) is 0 Å². The van der Waals surface area contributed by atoms with Crippen molar-refractivity contribution in [1.82, 2.24) is 0 Å². The average Bonchev–Trinajstić information content (AvgIpc) is 2.05. The molecule has 0 bridgehead atoms. The van der Waals surface area contributed by atoms with E-state index < -0.39 is 0 Å². The molecule has 0 saturated carbocycles.